The van der Waals surface area contributed by atoms with E-state index < -0.39 is 23.5 Å². The molecular formula is C18H19N3O5. The molecule has 2 N–H and O–H groups in total. The van der Waals surface area contributed by atoms with Gasteiger partial charge in [-0.1, -0.05) is 12.1 Å². The summed E-state index contributed by atoms with van der Waals surface area (Å²) >= 11 is 0. The summed E-state index contributed by atoms with van der Waals surface area (Å²) in [5.74, 6) is -0.748. The molecule has 0 unspecified atom stereocenters. The maximum absolute atomic E-state index is 11.9. The van der Waals surface area contributed by atoms with Crippen molar-refractivity contribution in [3.05, 3.63) is 63.2 Å². The van der Waals surface area contributed by atoms with Crippen molar-refractivity contribution < 1.29 is 19.2 Å². The van der Waals surface area contributed by atoms with E-state index in [1.807, 2.05) is 19.9 Å². The molecule has 8 nitrogen and oxygen atoms in total. The number of carbonyl (C=O) groups is 2. The Morgan fingerprint density at radius 2 is 1.81 bits per heavy atom. The smallest absolute Gasteiger partial charge is 0.325 e. The maximum Gasteiger partial charge on any atom is 0.325 e. The molecule has 0 saturated heterocycles. The number of hydrogen-bond donors (Lipinski definition) is 2. The van der Waals surface area contributed by atoms with Crippen LogP contribution in [0.3, 0.4) is 0 Å². The zero-order valence-corrected chi connectivity index (χ0v) is 14.7. The van der Waals surface area contributed by atoms with Crippen molar-refractivity contribution in [3.63, 3.8) is 0 Å². The third-order valence-electron chi connectivity index (χ3n) is 3.69. The fourth-order valence-corrected chi connectivity index (χ4v) is 2.18. The van der Waals surface area contributed by atoms with Gasteiger partial charge in [0.05, 0.1) is 4.92 Å². The first-order valence-electron chi connectivity index (χ1n) is 7.82. The van der Waals surface area contributed by atoms with E-state index in [2.05, 4.69) is 10.6 Å². The molecule has 0 heterocycles. The number of ether oxygens (including phenoxy) is 1. The molecule has 8 heteroatoms. The zero-order valence-electron chi connectivity index (χ0n) is 14.7. The van der Waals surface area contributed by atoms with Crippen molar-refractivity contribution in [2.75, 3.05) is 11.9 Å². The Hall–Kier alpha value is -3.42. The summed E-state index contributed by atoms with van der Waals surface area (Å²) in [6.07, 6.45) is 0. The number of anilines is 1. The van der Waals surface area contributed by atoms with E-state index in [0.29, 0.717) is 5.69 Å². The Balaban J connectivity index is 1.92. The van der Waals surface area contributed by atoms with E-state index in [1.54, 1.807) is 25.1 Å². The third-order valence-corrected chi connectivity index (χ3v) is 3.69. The molecule has 26 heavy (non-hydrogen) atoms. The second-order valence-electron chi connectivity index (χ2n) is 5.82. The number of aryl methyl sites for hydroxylation is 3. The molecule has 0 spiro atoms. The summed E-state index contributed by atoms with van der Waals surface area (Å²) in [6, 6.07) is 8.98. The van der Waals surface area contributed by atoms with Crippen LogP contribution in [0.5, 0.6) is 5.75 Å². The van der Waals surface area contributed by atoms with Gasteiger partial charge < -0.3 is 10.1 Å². The van der Waals surface area contributed by atoms with Crippen molar-refractivity contribution in [2.45, 2.75) is 20.8 Å². The third kappa shape index (κ3) is 5.04. The van der Waals surface area contributed by atoms with Crippen LogP contribution in [0.4, 0.5) is 16.2 Å². The molecule has 2 rings (SSSR count). The molecule has 0 bridgehead atoms. The van der Waals surface area contributed by atoms with Crippen LogP contribution in [0.25, 0.3) is 0 Å². The number of nitro groups is 1. The molecule has 0 aromatic heterocycles. The van der Waals surface area contributed by atoms with Crippen LogP contribution in [0.15, 0.2) is 36.4 Å². The van der Waals surface area contributed by atoms with Gasteiger partial charge >= 0.3 is 11.7 Å². The standard InChI is InChI=1S/C18H19N3O5/c1-11-4-7-15(21(24)25)16(8-11)26-10-17(22)20-18(23)19-14-6-5-12(2)13(3)9-14/h4-9H,10H2,1-3H3,(H2,19,20,22,23). The highest BCUT2D eigenvalue weighted by Crippen LogP contribution is 2.27. The van der Waals surface area contributed by atoms with E-state index in [9.17, 15) is 19.7 Å². The van der Waals surface area contributed by atoms with Gasteiger partial charge in [0, 0.05) is 11.8 Å². The van der Waals surface area contributed by atoms with Crippen LogP contribution in [0.2, 0.25) is 0 Å². The molecule has 0 aliphatic carbocycles. The van der Waals surface area contributed by atoms with Gasteiger partial charge in [0.1, 0.15) is 0 Å². The molecule has 2 aromatic rings. The number of hydrogen-bond acceptors (Lipinski definition) is 5. The largest absolute Gasteiger partial charge is 0.477 e. The van der Waals surface area contributed by atoms with Crippen molar-refractivity contribution in [2.24, 2.45) is 0 Å². The predicted octanol–water partition coefficient (Wildman–Crippen LogP) is 3.25. The molecular weight excluding hydrogens is 338 g/mol. The molecule has 0 aliphatic heterocycles. The number of imide groups is 1. The van der Waals surface area contributed by atoms with Crippen molar-refractivity contribution in [1.82, 2.24) is 5.32 Å². The normalized spacial score (nSPS) is 10.1. The van der Waals surface area contributed by atoms with Crippen LogP contribution in [0, 0.1) is 30.9 Å². The zero-order chi connectivity index (χ0) is 19.3. The van der Waals surface area contributed by atoms with Gasteiger partial charge in [-0.25, -0.2) is 4.79 Å². The summed E-state index contributed by atoms with van der Waals surface area (Å²) in [6.45, 7) is 5.08. The minimum absolute atomic E-state index is 0.0280. The Morgan fingerprint density at radius 1 is 1.08 bits per heavy atom. The van der Waals surface area contributed by atoms with Crippen LogP contribution in [0.1, 0.15) is 16.7 Å². The number of amides is 3. The second-order valence-corrected chi connectivity index (χ2v) is 5.82. The lowest BCUT2D eigenvalue weighted by molar-refractivity contribution is -0.385. The summed E-state index contributed by atoms with van der Waals surface area (Å²) in [5, 5.41) is 15.6. The summed E-state index contributed by atoms with van der Waals surface area (Å²) in [4.78, 5) is 34.1. The molecule has 0 aliphatic rings. The molecule has 0 fully saturated rings. The predicted molar refractivity (Wildman–Crippen MR) is 96.4 cm³/mol. The molecule has 0 atom stereocenters. The Labute approximate surface area is 150 Å². The Bertz CT molecular complexity index is 864. The average Bonchev–Trinajstić information content (AvgIpc) is 2.56. The number of nitrogens with zero attached hydrogens (tertiary/aromatic N) is 1. The van der Waals surface area contributed by atoms with Crippen molar-refractivity contribution >= 4 is 23.3 Å². The minimum atomic E-state index is -0.720. The van der Waals surface area contributed by atoms with Crippen molar-refractivity contribution in [3.8, 4) is 5.75 Å². The van der Waals surface area contributed by atoms with Crippen LogP contribution in [-0.2, 0) is 4.79 Å². The highest BCUT2D eigenvalue weighted by atomic mass is 16.6. The lowest BCUT2D eigenvalue weighted by Gasteiger charge is -2.10. The fourth-order valence-electron chi connectivity index (χ4n) is 2.18. The van der Waals surface area contributed by atoms with Crippen molar-refractivity contribution in [1.29, 1.82) is 0 Å². The van der Waals surface area contributed by atoms with Crippen LogP contribution >= 0.6 is 0 Å². The van der Waals surface area contributed by atoms with E-state index in [-0.39, 0.29) is 11.4 Å². The lowest BCUT2D eigenvalue weighted by atomic mass is 10.1. The maximum atomic E-state index is 11.9. The van der Waals surface area contributed by atoms with Gasteiger partial charge in [-0.3, -0.25) is 20.2 Å². The number of urea groups is 1. The first-order chi connectivity index (χ1) is 12.3. The number of rotatable bonds is 5. The monoisotopic (exact) mass is 357 g/mol. The van der Waals surface area contributed by atoms with E-state index in [4.69, 9.17) is 4.74 Å². The number of benzene rings is 2. The first kappa shape index (κ1) is 18.9. The van der Waals surface area contributed by atoms with Gasteiger partial charge in [-0.15, -0.1) is 0 Å². The SMILES string of the molecule is Cc1ccc([N+](=O)[O-])c(OCC(=O)NC(=O)Nc2ccc(C)c(C)c2)c1. The highest BCUT2D eigenvalue weighted by Gasteiger charge is 2.17. The molecule has 136 valence electrons. The summed E-state index contributed by atoms with van der Waals surface area (Å²) < 4.78 is 5.19. The second kappa shape index (κ2) is 8.11. The van der Waals surface area contributed by atoms with Gasteiger partial charge in [0.25, 0.3) is 5.91 Å². The molecule has 2 aromatic carbocycles. The number of nitrogens with one attached hydrogen (secondary N) is 2. The highest BCUT2D eigenvalue weighted by molar-refractivity contribution is 6.01. The number of carbonyl (C=O) groups excluding carboxylic acids is 2. The van der Waals surface area contributed by atoms with Crippen LogP contribution in [-0.4, -0.2) is 23.5 Å². The van der Waals surface area contributed by atoms with E-state index in [1.165, 1.54) is 12.1 Å². The van der Waals surface area contributed by atoms with Gasteiger partial charge in [0.2, 0.25) is 0 Å². The molecule has 0 radical (unpaired) electrons. The molecule has 0 saturated carbocycles. The molecule has 3 amide bonds. The van der Waals surface area contributed by atoms with Gasteiger partial charge in [-0.2, -0.15) is 0 Å². The van der Waals surface area contributed by atoms with E-state index in [0.717, 1.165) is 16.7 Å². The van der Waals surface area contributed by atoms with Gasteiger partial charge in [-0.05, 0) is 55.7 Å². The summed E-state index contributed by atoms with van der Waals surface area (Å²) in [7, 11) is 0. The lowest BCUT2D eigenvalue weighted by Crippen LogP contribution is -2.37. The Kier molecular flexibility index (Phi) is 5.90. The fraction of sp³-hybridized carbons (Fsp3) is 0.222. The summed E-state index contributed by atoms with van der Waals surface area (Å²) in [5.41, 5.74) is 3.14. The van der Waals surface area contributed by atoms with Gasteiger partial charge in [0.15, 0.2) is 12.4 Å². The van der Waals surface area contributed by atoms with E-state index >= 15 is 0 Å². The minimum Gasteiger partial charge on any atom is -0.477 e. The van der Waals surface area contributed by atoms with Crippen LogP contribution < -0.4 is 15.4 Å². The quantitative estimate of drug-likeness (QED) is 0.630. The average molecular weight is 357 g/mol. The number of nitro benzene ring substituents is 1. The Morgan fingerprint density at radius 3 is 2.46 bits per heavy atom. The first-order valence-corrected chi connectivity index (χ1v) is 7.82. The topological polar surface area (TPSA) is 111 Å².